The van der Waals surface area contributed by atoms with Crippen molar-refractivity contribution in [3.8, 4) is 21.0 Å². The predicted molar refractivity (Wildman–Crippen MR) is 83.6 cm³/mol. The lowest BCUT2D eigenvalue weighted by molar-refractivity contribution is 0.799. The van der Waals surface area contributed by atoms with Gasteiger partial charge >= 0.3 is 0 Å². The third-order valence-corrected chi connectivity index (χ3v) is 4.72. The summed E-state index contributed by atoms with van der Waals surface area (Å²) in [4.78, 5) is 6.04. The molecule has 0 aliphatic rings. The number of hydrogen-bond acceptors (Lipinski definition) is 4. The molecule has 0 amide bonds. The summed E-state index contributed by atoms with van der Waals surface area (Å²) in [5, 5.41) is 8.55. The number of nitrogens with one attached hydrogen (secondary N) is 1. The Kier molecular flexibility index (Phi) is 3.73. The molecular weight excluding hydrogens is 272 g/mol. The minimum atomic E-state index is 0.796. The zero-order valence-corrected chi connectivity index (χ0v) is 12.2. The van der Waals surface area contributed by atoms with Gasteiger partial charge in [0, 0.05) is 17.5 Å². The van der Waals surface area contributed by atoms with Gasteiger partial charge in [-0.1, -0.05) is 30.3 Å². The average Bonchev–Trinajstić information content (AvgIpc) is 3.08. The largest absolute Gasteiger partial charge is 0.314 e. The van der Waals surface area contributed by atoms with E-state index >= 15 is 0 Å². The Morgan fingerprint density at radius 1 is 1.11 bits per heavy atom. The van der Waals surface area contributed by atoms with Crippen LogP contribution >= 0.6 is 22.7 Å². The third kappa shape index (κ3) is 2.61. The summed E-state index contributed by atoms with van der Waals surface area (Å²) in [5.74, 6) is 0. The molecule has 96 valence electrons. The van der Waals surface area contributed by atoms with E-state index in [9.17, 15) is 0 Å². The molecule has 3 aromatic rings. The Hall–Kier alpha value is -1.49. The van der Waals surface area contributed by atoms with Gasteiger partial charge < -0.3 is 5.32 Å². The summed E-state index contributed by atoms with van der Waals surface area (Å²) in [6.07, 6.45) is 0. The summed E-state index contributed by atoms with van der Waals surface area (Å²) in [5.41, 5.74) is 3.58. The molecule has 0 spiro atoms. The molecule has 3 rings (SSSR count). The highest BCUT2D eigenvalue weighted by Crippen LogP contribution is 2.36. The van der Waals surface area contributed by atoms with Gasteiger partial charge in [0.25, 0.3) is 0 Å². The van der Waals surface area contributed by atoms with Crippen molar-refractivity contribution in [2.45, 2.75) is 6.54 Å². The van der Waals surface area contributed by atoms with E-state index in [4.69, 9.17) is 4.98 Å². The van der Waals surface area contributed by atoms with Crippen LogP contribution in [0.2, 0.25) is 0 Å². The van der Waals surface area contributed by atoms with E-state index in [-0.39, 0.29) is 0 Å². The maximum atomic E-state index is 4.78. The molecule has 0 radical (unpaired) electrons. The van der Waals surface area contributed by atoms with Gasteiger partial charge in [-0.05, 0) is 24.1 Å². The normalized spacial score (nSPS) is 10.8. The minimum Gasteiger partial charge on any atom is -0.314 e. The third-order valence-electron chi connectivity index (χ3n) is 2.85. The van der Waals surface area contributed by atoms with E-state index < -0.39 is 0 Å². The molecule has 0 unspecified atom stereocenters. The Morgan fingerprint density at radius 2 is 1.95 bits per heavy atom. The molecule has 2 heterocycles. The summed E-state index contributed by atoms with van der Waals surface area (Å²) in [6.45, 7) is 0.796. The molecule has 1 aromatic carbocycles. The van der Waals surface area contributed by atoms with Gasteiger partial charge in [-0.15, -0.1) is 11.3 Å². The van der Waals surface area contributed by atoms with Crippen LogP contribution in [0.1, 0.15) is 5.69 Å². The smallest absolute Gasteiger partial charge is 0.125 e. The molecule has 0 fully saturated rings. The molecule has 4 heteroatoms. The van der Waals surface area contributed by atoms with Crippen molar-refractivity contribution in [3.63, 3.8) is 0 Å². The Bertz CT molecular complexity index is 642. The van der Waals surface area contributed by atoms with Crippen molar-refractivity contribution in [2.24, 2.45) is 0 Å². The van der Waals surface area contributed by atoms with Crippen molar-refractivity contribution in [2.75, 3.05) is 7.05 Å². The van der Waals surface area contributed by atoms with Crippen molar-refractivity contribution < 1.29 is 0 Å². The molecule has 0 aliphatic carbocycles. The SMILES string of the molecule is CNCc1nc(-c2ccsc2)sc1-c1ccccc1. The molecule has 0 aliphatic heterocycles. The summed E-state index contributed by atoms with van der Waals surface area (Å²) < 4.78 is 0. The highest BCUT2D eigenvalue weighted by molar-refractivity contribution is 7.19. The van der Waals surface area contributed by atoms with Gasteiger partial charge in [-0.2, -0.15) is 11.3 Å². The Morgan fingerprint density at radius 3 is 2.63 bits per heavy atom. The van der Waals surface area contributed by atoms with E-state index in [2.05, 4.69) is 46.4 Å². The first-order valence-electron chi connectivity index (χ1n) is 6.11. The second-order valence-corrected chi connectivity index (χ2v) is 5.98. The van der Waals surface area contributed by atoms with Crippen LogP contribution in [-0.2, 0) is 6.54 Å². The maximum Gasteiger partial charge on any atom is 0.125 e. The van der Waals surface area contributed by atoms with Crippen molar-refractivity contribution in [1.82, 2.24) is 10.3 Å². The molecule has 0 saturated heterocycles. The fraction of sp³-hybridized carbons (Fsp3) is 0.133. The molecule has 2 aromatic heterocycles. The molecular formula is C15H14N2S2. The van der Waals surface area contributed by atoms with Crippen molar-refractivity contribution in [3.05, 3.63) is 52.9 Å². The number of thiophene rings is 1. The fourth-order valence-corrected chi connectivity index (χ4v) is 3.76. The number of thiazole rings is 1. The van der Waals surface area contributed by atoms with E-state index in [0.717, 1.165) is 17.2 Å². The quantitative estimate of drug-likeness (QED) is 0.775. The van der Waals surface area contributed by atoms with E-state index in [0.29, 0.717) is 0 Å². The fourth-order valence-electron chi connectivity index (χ4n) is 1.96. The number of rotatable bonds is 4. The average molecular weight is 286 g/mol. The van der Waals surface area contributed by atoms with Gasteiger partial charge in [0.15, 0.2) is 0 Å². The Labute approximate surface area is 120 Å². The van der Waals surface area contributed by atoms with Crippen molar-refractivity contribution >= 4 is 22.7 Å². The molecule has 0 saturated carbocycles. The van der Waals surface area contributed by atoms with E-state index in [1.807, 2.05) is 13.1 Å². The lowest BCUT2D eigenvalue weighted by atomic mass is 10.1. The first-order valence-corrected chi connectivity index (χ1v) is 7.86. The predicted octanol–water partition coefficient (Wildman–Crippen LogP) is 4.26. The van der Waals surface area contributed by atoms with Crippen LogP contribution in [0.4, 0.5) is 0 Å². The van der Waals surface area contributed by atoms with E-state index in [1.165, 1.54) is 16.0 Å². The summed E-state index contributed by atoms with van der Waals surface area (Å²) >= 11 is 3.48. The molecule has 1 N–H and O–H groups in total. The van der Waals surface area contributed by atoms with Crippen LogP contribution in [0.5, 0.6) is 0 Å². The zero-order chi connectivity index (χ0) is 13.1. The molecule has 0 bridgehead atoms. The maximum absolute atomic E-state index is 4.78. The van der Waals surface area contributed by atoms with Crippen molar-refractivity contribution in [1.29, 1.82) is 0 Å². The number of aromatic nitrogens is 1. The minimum absolute atomic E-state index is 0.796. The number of benzene rings is 1. The first-order chi connectivity index (χ1) is 9.38. The second-order valence-electron chi connectivity index (χ2n) is 4.20. The van der Waals surface area contributed by atoms with Gasteiger partial charge in [0.05, 0.1) is 10.6 Å². The lowest BCUT2D eigenvalue weighted by Gasteiger charge is -2.00. The van der Waals surface area contributed by atoms with Crippen LogP contribution < -0.4 is 5.32 Å². The Balaban J connectivity index is 2.08. The lowest BCUT2D eigenvalue weighted by Crippen LogP contribution is -2.06. The van der Waals surface area contributed by atoms with Crippen LogP contribution in [0, 0.1) is 0 Å². The molecule has 19 heavy (non-hydrogen) atoms. The van der Waals surface area contributed by atoms with Gasteiger partial charge in [-0.25, -0.2) is 4.98 Å². The standard InChI is InChI=1S/C15H14N2S2/c1-16-9-13-14(11-5-3-2-4-6-11)19-15(17-13)12-7-8-18-10-12/h2-8,10,16H,9H2,1H3. The van der Waals surface area contributed by atoms with Gasteiger partial charge in [-0.3, -0.25) is 0 Å². The van der Waals surface area contributed by atoms with Crippen LogP contribution in [0.15, 0.2) is 47.2 Å². The van der Waals surface area contributed by atoms with Crippen LogP contribution in [-0.4, -0.2) is 12.0 Å². The van der Waals surface area contributed by atoms with Crippen LogP contribution in [0.25, 0.3) is 21.0 Å². The highest BCUT2D eigenvalue weighted by Gasteiger charge is 2.13. The van der Waals surface area contributed by atoms with Gasteiger partial charge in [0.2, 0.25) is 0 Å². The zero-order valence-electron chi connectivity index (χ0n) is 10.6. The monoisotopic (exact) mass is 286 g/mol. The van der Waals surface area contributed by atoms with E-state index in [1.54, 1.807) is 22.7 Å². The van der Waals surface area contributed by atoms with Gasteiger partial charge in [0.1, 0.15) is 5.01 Å². The highest BCUT2D eigenvalue weighted by atomic mass is 32.1. The number of hydrogen-bond donors (Lipinski definition) is 1. The topological polar surface area (TPSA) is 24.9 Å². The molecule has 2 nitrogen and oxygen atoms in total. The second kappa shape index (κ2) is 5.65. The first kappa shape index (κ1) is 12.5. The molecule has 0 atom stereocenters. The summed E-state index contributed by atoms with van der Waals surface area (Å²) in [6, 6.07) is 12.6. The summed E-state index contributed by atoms with van der Waals surface area (Å²) in [7, 11) is 1.96. The number of nitrogens with zero attached hydrogens (tertiary/aromatic N) is 1. The van der Waals surface area contributed by atoms with Crippen LogP contribution in [0.3, 0.4) is 0 Å².